The number of para-hydroxylation sites is 1. The van der Waals surface area contributed by atoms with E-state index in [-0.39, 0.29) is 34.6 Å². The predicted molar refractivity (Wildman–Crippen MR) is 102 cm³/mol. The van der Waals surface area contributed by atoms with Crippen molar-refractivity contribution >= 4 is 17.5 Å². The second-order valence-corrected chi connectivity index (χ2v) is 6.30. The van der Waals surface area contributed by atoms with Crippen LogP contribution in [-0.2, 0) is 0 Å². The smallest absolute Gasteiger partial charge is 0.387 e. The van der Waals surface area contributed by atoms with Crippen molar-refractivity contribution in [2.45, 2.75) is 44.8 Å². The van der Waals surface area contributed by atoms with Crippen molar-refractivity contribution < 1.29 is 28.2 Å². The minimum Gasteiger partial charge on any atom is -0.434 e. The Balaban J connectivity index is 0.00000145. The third-order valence-corrected chi connectivity index (χ3v) is 4.40. The summed E-state index contributed by atoms with van der Waals surface area (Å²) in [6, 6.07) is 5.73. The van der Waals surface area contributed by atoms with Gasteiger partial charge in [-0.15, -0.1) is 0 Å². The number of hydrogen-bond donors (Lipinski definition) is 4. The van der Waals surface area contributed by atoms with Crippen LogP contribution < -0.4 is 15.4 Å². The van der Waals surface area contributed by atoms with Crippen LogP contribution in [0.25, 0.3) is 0 Å². The molecule has 1 heterocycles. The number of aromatic nitrogens is 2. The fourth-order valence-electron chi connectivity index (χ4n) is 3.10. The van der Waals surface area contributed by atoms with E-state index in [0.717, 1.165) is 39.2 Å². The van der Waals surface area contributed by atoms with Crippen molar-refractivity contribution in [2.75, 3.05) is 12.4 Å². The molecule has 1 aliphatic carbocycles. The van der Waals surface area contributed by atoms with E-state index in [4.69, 9.17) is 5.11 Å². The molecule has 158 valence electrons. The highest BCUT2D eigenvalue weighted by atomic mass is 19.3. The van der Waals surface area contributed by atoms with Gasteiger partial charge in [-0.2, -0.15) is 13.9 Å². The Hall–Kier alpha value is -3.01. The van der Waals surface area contributed by atoms with E-state index in [1.807, 2.05) is 0 Å². The lowest BCUT2D eigenvalue weighted by atomic mass is 9.95. The van der Waals surface area contributed by atoms with Gasteiger partial charge >= 0.3 is 6.61 Å². The highest BCUT2D eigenvalue weighted by Gasteiger charge is 2.22. The largest absolute Gasteiger partial charge is 0.434 e. The summed E-state index contributed by atoms with van der Waals surface area (Å²) in [6.07, 6.45) is 6.43. The van der Waals surface area contributed by atoms with E-state index >= 15 is 0 Å². The molecule has 1 saturated carbocycles. The van der Waals surface area contributed by atoms with Crippen LogP contribution in [0.5, 0.6) is 5.75 Å². The number of rotatable bonds is 6. The van der Waals surface area contributed by atoms with Crippen LogP contribution in [0.3, 0.4) is 0 Å². The molecule has 1 aromatic carbocycles. The van der Waals surface area contributed by atoms with Crippen molar-refractivity contribution in [3.63, 3.8) is 0 Å². The number of alkyl halides is 2. The van der Waals surface area contributed by atoms with Crippen molar-refractivity contribution in [3.05, 3.63) is 41.7 Å². The first kappa shape index (κ1) is 22.3. The van der Waals surface area contributed by atoms with Gasteiger partial charge < -0.3 is 20.5 Å². The van der Waals surface area contributed by atoms with E-state index < -0.39 is 12.5 Å². The topological polar surface area (TPSA) is 116 Å². The number of aliphatic hydroxyl groups is 1. The Labute approximate surface area is 166 Å². The zero-order valence-electron chi connectivity index (χ0n) is 16.0. The number of ether oxygens (including phenoxy) is 1. The van der Waals surface area contributed by atoms with Gasteiger partial charge in [-0.3, -0.25) is 14.7 Å². The molecular weight excluding hydrogens is 386 g/mol. The maximum Gasteiger partial charge on any atom is 0.387 e. The molecule has 4 N–H and O–H groups in total. The fraction of sp³-hybridized carbons (Fsp3) is 0.421. The molecule has 0 aliphatic heterocycles. The number of nitrogens with zero attached hydrogens (tertiary/aromatic N) is 1. The van der Waals surface area contributed by atoms with E-state index in [1.54, 1.807) is 0 Å². The average Bonchev–Trinajstić information content (AvgIpc) is 3.18. The van der Waals surface area contributed by atoms with Gasteiger partial charge in [-0.1, -0.05) is 31.4 Å². The van der Waals surface area contributed by atoms with Gasteiger partial charge in [0.05, 0.1) is 17.4 Å². The molecule has 8 nitrogen and oxygen atoms in total. The van der Waals surface area contributed by atoms with Crippen LogP contribution >= 0.6 is 0 Å². The molecule has 3 rings (SSSR count). The summed E-state index contributed by atoms with van der Waals surface area (Å²) in [5.41, 5.74) is 0.207. The number of hydrogen-bond acceptors (Lipinski definition) is 5. The predicted octanol–water partition coefficient (Wildman–Crippen LogP) is 2.93. The number of carbonyl (C=O) groups excluding carboxylic acids is 2. The first-order valence-corrected chi connectivity index (χ1v) is 9.18. The van der Waals surface area contributed by atoms with Gasteiger partial charge in [0.15, 0.2) is 0 Å². The molecule has 1 fully saturated rings. The molecule has 10 heteroatoms. The van der Waals surface area contributed by atoms with Gasteiger partial charge in [0.25, 0.3) is 11.8 Å². The van der Waals surface area contributed by atoms with Gasteiger partial charge in [0, 0.05) is 13.2 Å². The molecule has 2 amide bonds. The van der Waals surface area contributed by atoms with Crippen LogP contribution in [0.2, 0.25) is 0 Å². The minimum absolute atomic E-state index is 0.0716. The number of H-pyrrole nitrogens is 1. The van der Waals surface area contributed by atoms with E-state index in [1.165, 1.54) is 30.5 Å². The normalized spacial score (nSPS) is 14.0. The third kappa shape index (κ3) is 6.24. The highest BCUT2D eigenvalue weighted by Crippen LogP contribution is 2.23. The number of aromatic amines is 1. The number of anilines is 1. The Morgan fingerprint density at radius 2 is 1.86 bits per heavy atom. The Morgan fingerprint density at radius 1 is 1.17 bits per heavy atom. The van der Waals surface area contributed by atoms with Crippen LogP contribution in [0.1, 0.15) is 53.0 Å². The lowest BCUT2D eigenvalue weighted by Gasteiger charge is -2.22. The Bertz CT molecular complexity index is 807. The van der Waals surface area contributed by atoms with E-state index in [0.29, 0.717) is 0 Å². The van der Waals surface area contributed by atoms with Crippen LogP contribution in [-0.4, -0.2) is 46.9 Å². The van der Waals surface area contributed by atoms with Crippen molar-refractivity contribution in [1.29, 1.82) is 0 Å². The molecule has 0 spiro atoms. The first-order chi connectivity index (χ1) is 14.0. The summed E-state index contributed by atoms with van der Waals surface area (Å²) in [4.78, 5) is 24.9. The molecule has 0 unspecified atom stereocenters. The summed E-state index contributed by atoms with van der Waals surface area (Å²) in [7, 11) is 1.00. The maximum atomic E-state index is 12.5. The first-order valence-electron chi connectivity index (χ1n) is 9.18. The van der Waals surface area contributed by atoms with E-state index in [9.17, 15) is 18.4 Å². The lowest BCUT2D eigenvalue weighted by molar-refractivity contribution is -0.0501. The third-order valence-electron chi connectivity index (χ3n) is 4.40. The molecule has 0 radical (unpaired) electrons. The highest BCUT2D eigenvalue weighted by molar-refractivity contribution is 6.09. The van der Waals surface area contributed by atoms with Crippen LogP contribution in [0, 0.1) is 0 Å². The van der Waals surface area contributed by atoms with Crippen LogP contribution in [0.4, 0.5) is 14.5 Å². The quantitative estimate of drug-likeness (QED) is 0.584. The van der Waals surface area contributed by atoms with Crippen molar-refractivity contribution in [1.82, 2.24) is 15.5 Å². The Kier molecular flexibility index (Phi) is 8.53. The zero-order valence-corrected chi connectivity index (χ0v) is 16.0. The number of aliphatic hydroxyl groups excluding tert-OH is 1. The average molecular weight is 410 g/mol. The molecule has 0 saturated heterocycles. The number of nitrogens with one attached hydrogen (secondary N) is 3. The fourth-order valence-corrected chi connectivity index (χ4v) is 3.10. The second kappa shape index (κ2) is 11.1. The minimum atomic E-state index is -3.05. The number of halogens is 2. The molecule has 29 heavy (non-hydrogen) atoms. The van der Waals surface area contributed by atoms with Crippen molar-refractivity contribution in [3.8, 4) is 5.75 Å². The molecule has 2 aromatic rings. The summed E-state index contributed by atoms with van der Waals surface area (Å²) in [6.45, 7) is -3.05. The monoisotopic (exact) mass is 410 g/mol. The Morgan fingerprint density at radius 3 is 2.55 bits per heavy atom. The number of amides is 2. The van der Waals surface area contributed by atoms with E-state index in [2.05, 4.69) is 25.6 Å². The van der Waals surface area contributed by atoms with Gasteiger partial charge in [0.1, 0.15) is 11.4 Å². The van der Waals surface area contributed by atoms with Gasteiger partial charge in [-0.05, 0) is 25.0 Å². The summed E-state index contributed by atoms with van der Waals surface area (Å²) < 4.78 is 29.4. The lowest BCUT2D eigenvalue weighted by Crippen LogP contribution is -2.36. The standard InChI is InChI=1S/C18H20F2N4O3.CH4O/c19-18(20)27-14-9-5-4-8-12(14)16(25)23-13-10-21-24-15(13)17(26)22-11-6-2-1-3-7-11;1-2/h4-5,8-11,18H,1-3,6-7H2,(H,21,24)(H,22,26)(H,23,25);2H,1H3. The molecular formula is C19H24F2N4O4. The summed E-state index contributed by atoms with van der Waals surface area (Å²) >= 11 is 0. The summed E-state index contributed by atoms with van der Waals surface area (Å²) in [5.74, 6) is -1.30. The molecule has 1 aromatic heterocycles. The van der Waals surface area contributed by atoms with Crippen molar-refractivity contribution in [2.24, 2.45) is 0 Å². The maximum absolute atomic E-state index is 12.5. The molecule has 0 atom stereocenters. The molecule has 1 aliphatic rings. The van der Waals surface area contributed by atoms with Crippen LogP contribution in [0.15, 0.2) is 30.5 Å². The van der Waals surface area contributed by atoms with Gasteiger partial charge in [0.2, 0.25) is 0 Å². The summed E-state index contributed by atoms with van der Waals surface area (Å²) in [5, 5.41) is 18.8. The van der Waals surface area contributed by atoms with Gasteiger partial charge in [-0.25, -0.2) is 0 Å². The SMILES string of the molecule is CO.O=C(Nc1cn[nH]c1C(=O)NC1CCCCC1)c1ccccc1OC(F)F. The molecule has 0 bridgehead atoms. The number of carbonyl (C=O) groups is 2. The second-order valence-electron chi connectivity index (χ2n) is 6.30. The number of benzene rings is 1. The zero-order chi connectivity index (χ0) is 21.2.